The van der Waals surface area contributed by atoms with Crippen molar-refractivity contribution in [3.63, 3.8) is 0 Å². The molecule has 0 spiro atoms. The first-order chi connectivity index (χ1) is 11.9. The Balaban J connectivity index is 1.93. The Bertz CT molecular complexity index is 838. The second kappa shape index (κ2) is 8.50. The number of methoxy groups -OCH3 is 1. The molecule has 0 aromatic heterocycles. The van der Waals surface area contributed by atoms with Gasteiger partial charge >= 0.3 is 11.8 Å². The van der Waals surface area contributed by atoms with Crippen LogP contribution in [0.5, 0.6) is 5.75 Å². The van der Waals surface area contributed by atoms with Crippen molar-refractivity contribution >= 4 is 46.9 Å². The maximum atomic E-state index is 11.8. The molecule has 0 fully saturated rings. The molecule has 0 bridgehead atoms. The van der Waals surface area contributed by atoms with Crippen LogP contribution in [0.25, 0.3) is 0 Å². The molecule has 0 unspecified atom stereocenters. The second-order valence-electron chi connectivity index (χ2n) is 5.01. The maximum Gasteiger partial charge on any atom is 0.329 e. The Morgan fingerprint density at radius 3 is 2.48 bits per heavy atom. The summed E-state index contributed by atoms with van der Waals surface area (Å²) in [5.74, 6) is -1.24. The Hall–Kier alpha value is -2.57. The molecule has 2 aromatic carbocycles. The first-order valence-electron chi connectivity index (χ1n) is 7.15. The zero-order chi connectivity index (χ0) is 18.4. The Kier molecular flexibility index (Phi) is 6.38. The van der Waals surface area contributed by atoms with E-state index in [1.54, 1.807) is 36.4 Å². The lowest BCUT2D eigenvalue weighted by molar-refractivity contribution is -0.136. The third kappa shape index (κ3) is 5.20. The average molecular weight is 380 g/mol. The number of rotatable bonds is 4. The topological polar surface area (TPSA) is 79.8 Å². The highest BCUT2D eigenvalue weighted by atomic mass is 35.5. The van der Waals surface area contributed by atoms with Gasteiger partial charge in [0.25, 0.3) is 0 Å². The van der Waals surface area contributed by atoms with Crippen molar-refractivity contribution in [1.82, 2.24) is 5.43 Å². The van der Waals surface area contributed by atoms with E-state index in [0.29, 0.717) is 27.0 Å². The minimum Gasteiger partial charge on any atom is -0.495 e. The van der Waals surface area contributed by atoms with Crippen LogP contribution in [0.3, 0.4) is 0 Å². The van der Waals surface area contributed by atoms with Gasteiger partial charge in [0.2, 0.25) is 0 Å². The van der Waals surface area contributed by atoms with Crippen LogP contribution >= 0.6 is 23.2 Å². The fourth-order valence-electron chi connectivity index (χ4n) is 1.84. The molecule has 25 heavy (non-hydrogen) atoms. The van der Waals surface area contributed by atoms with E-state index < -0.39 is 11.8 Å². The van der Waals surface area contributed by atoms with Gasteiger partial charge in [-0.2, -0.15) is 5.10 Å². The predicted octanol–water partition coefficient (Wildman–Crippen LogP) is 3.40. The molecule has 2 amide bonds. The van der Waals surface area contributed by atoms with Gasteiger partial charge in [0, 0.05) is 10.7 Å². The molecule has 0 saturated carbocycles. The summed E-state index contributed by atoms with van der Waals surface area (Å²) in [6.07, 6.45) is 1.36. The summed E-state index contributed by atoms with van der Waals surface area (Å²) in [7, 11) is 1.51. The van der Waals surface area contributed by atoms with Gasteiger partial charge in [-0.15, -0.1) is 0 Å². The van der Waals surface area contributed by atoms with Gasteiger partial charge < -0.3 is 10.1 Å². The lowest BCUT2D eigenvalue weighted by Gasteiger charge is -2.06. The Morgan fingerprint density at radius 2 is 1.84 bits per heavy atom. The summed E-state index contributed by atoms with van der Waals surface area (Å²) >= 11 is 12.0. The van der Waals surface area contributed by atoms with Crippen molar-refractivity contribution in [2.24, 2.45) is 5.10 Å². The van der Waals surface area contributed by atoms with Crippen LogP contribution in [0.4, 0.5) is 5.69 Å². The van der Waals surface area contributed by atoms with Crippen LogP contribution in [0.2, 0.25) is 10.0 Å². The predicted molar refractivity (Wildman–Crippen MR) is 98.6 cm³/mol. The Labute approximate surface area is 154 Å². The smallest absolute Gasteiger partial charge is 0.329 e. The van der Waals surface area contributed by atoms with Crippen LogP contribution in [0.15, 0.2) is 41.5 Å². The average Bonchev–Trinajstić information content (AvgIpc) is 2.58. The van der Waals surface area contributed by atoms with Gasteiger partial charge in [0.1, 0.15) is 5.75 Å². The highest BCUT2D eigenvalue weighted by Gasteiger charge is 2.13. The maximum absolute atomic E-state index is 11.8. The second-order valence-corrected chi connectivity index (χ2v) is 5.83. The molecule has 0 saturated heterocycles. The number of hydrogen-bond donors (Lipinski definition) is 2. The molecule has 0 heterocycles. The largest absolute Gasteiger partial charge is 0.495 e. The van der Waals surface area contributed by atoms with Gasteiger partial charge in [0.15, 0.2) is 0 Å². The van der Waals surface area contributed by atoms with Gasteiger partial charge in [-0.05, 0) is 48.4 Å². The fraction of sp³-hybridized carbons (Fsp3) is 0.118. The standard InChI is InChI=1S/C17H15Cl2N3O3/c1-10-3-5-12(8-13(10)18)21-16(23)17(24)22-20-9-11-4-6-15(25-2)14(19)7-11/h3-9H,1-2H3,(H,21,23)(H,22,24)/b20-9-. The molecule has 2 N–H and O–H groups in total. The molecular formula is C17H15Cl2N3O3. The van der Waals surface area contributed by atoms with Crippen molar-refractivity contribution in [2.45, 2.75) is 6.92 Å². The van der Waals surface area contributed by atoms with E-state index >= 15 is 0 Å². The van der Waals surface area contributed by atoms with Crippen LogP contribution in [0, 0.1) is 6.92 Å². The molecule has 0 atom stereocenters. The first kappa shape index (κ1) is 18.8. The number of nitrogens with zero attached hydrogens (tertiary/aromatic N) is 1. The number of benzene rings is 2. The van der Waals surface area contributed by atoms with Gasteiger partial charge in [-0.3, -0.25) is 9.59 Å². The molecule has 6 nitrogen and oxygen atoms in total. The Morgan fingerprint density at radius 1 is 1.08 bits per heavy atom. The molecule has 2 rings (SSSR count). The van der Waals surface area contributed by atoms with E-state index in [1.807, 2.05) is 6.92 Å². The van der Waals surface area contributed by atoms with E-state index in [2.05, 4.69) is 15.8 Å². The summed E-state index contributed by atoms with van der Waals surface area (Å²) in [5, 5.41) is 7.06. The van der Waals surface area contributed by atoms with Crippen molar-refractivity contribution < 1.29 is 14.3 Å². The number of nitrogens with one attached hydrogen (secondary N) is 2. The number of aryl methyl sites for hydroxylation is 1. The molecule has 0 aliphatic heterocycles. The minimum atomic E-state index is -0.910. The van der Waals surface area contributed by atoms with Crippen LogP contribution in [-0.2, 0) is 9.59 Å². The lowest BCUT2D eigenvalue weighted by atomic mass is 10.2. The van der Waals surface area contributed by atoms with E-state index in [-0.39, 0.29) is 0 Å². The van der Waals surface area contributed by atoms with Crippen LogP contribution < -0.4 is 15.5 Å². The third-order valence-corrected chi connectivity index (χ3v) is 3.89. The van der Waals surface area contributed by atoms with Crippen molar-refractivity contribution in [1.29, 1.82) is 0 Å². The molecule has 0 aliphatic carbocycles. The SMILES string of the molecule is COc1ccc(/C=N\NC(=O)C(=O)Nc2ccc(C)c(Cl)c2)cc1Cl. The number of anilines is 1. The van der Waals surface area contributed by atoms with E-state index in [1.165, 1.54) is 13.3 Å². The minimum absolute atomic E-state index is 0.409. The van der Waals surface area contributed by atoms with E-state index in [0.717, 1.165) is 5.56 Å². The van der Waals surface area contributed by atoms with Gasteiger partial charge in [-0.25, -0.2) is 5.43 Å². The molecular weight excluding hydrogens is 365 g/mol. The molecule has 0 radical (unpaired) electrons. The number of carbonyl (C=O) groups excluding carboxylic acids is 2. The molecule has 0 aliphatic rings. The van der Waals surface area contributed by atoms with Crippen molar-refractivity contribution in [2.75, 3.05) is 12.4 Å². The number of carbonyl (C=O) groups is 2. The van der Waals surface area contributed by atoms with Crippen molar-refractivity contribution in [3.8, 4) is 5.75 Å². The number of amides is 2. The third-order valence-electron chi connectivity index (χ3n) is 3.19. The normalized spacial score (nSPS) is 10.6. The summed E-state index contributed by atoms with van der Waals surface area (Å²) in [4.78, 5) is 23.6. The summed E-state index contributed by atoms with van der Waals surface area (Å²) in [5.41, 5.74) is 4.06. The van der Waals surface area contributed by atoms with Crippen molar-refractivity contribution in [3.05, 3.63) is 57.6 Å². The van der Waals surface area contributed by atoms with Gasteiger partial charge in [-0.1, -0.05) is 29.3 Å². The fourth-order valence-corrected chi connectivity index (χ4v) is 2.28. The van der Waals surface area contributed by atoms with E-state index in [4.69, 9.17) is 27.9 Å². The highest BCUT2D eigenvalue weighted by molar-refractivity contribution is 6.40. The number of hydrogen-bond acceptors (Lipinski definition) is 4. The summed E-state index contributed by atoms with van der Waals surface area (Å²) in [6, 6.07) is 9.93. The number of hydrazone groups is 1. The molecule has 2 aromatic rings. The molecule has 8 heteroatoms. The zero-order valence-corrected chi connectivity index (χ0v) is 15.0. The quantitative estimate of drug-likeness (QED) is 0.485. The number of halogens is 2. The van der Waals surface area contributed by atoms with Crippen LogP contribution in [-0.4, -0.2) is 25.1 Å². The van der Waals surface area contributed by atoms with Crippen LogP contribution in [0.1, 0.15) is 11.1 Å². The zero-order valence-electron chi connectivity index (χ0n) is 13.5. The van der Waals surface area contributed by atoms with Gasteiger partial charge in [0.05, 0.1) is 18.3 Å². The van der Waals surface area contributed by atoms with E-state index in [9.17, 15) is 9.59 Å². The molecule has 130 valence electrons. The summed E-state index contributed by atoms with van der Waals surface area (Å²) < 4.78 is 5.04. The lowest BCUT2D eigenvalue weighted by Crippen LogP contribution is -2.32. The number of ether oxygens (including phenoxy) is 1. The monoisotopic (exact) mass is 379 g/mol. The first-order valence-corrected chi connectivity index (χ1v) is 7.90. The summed E-state index contributed by atoms with van der Waals surface area (Å²) in [6.45, 7) is 1.83. The highest BCUT2D eigenvalue weighted by Crippen LogP contribution is 2.24.